The van der Waals surface area contributed by atoms with Crippen molar-refractivity contribution < 1.29 is 8.42 Å². The van der Waals surface area contributed by atoms with Gasteiger partial charge in [0.05, 0.1) is 10.9 Å². The van der Waals surface area contributed by atoms with Crippen molar-refractivity contribution in [3.63, 3.8) is 0 Å². The molecule has 0 amide bonds. The zero-order chi connectivity index (χ0) is 12.2. The summed E-state index contributed by atoms with van der Waals surface area (Å²) in [6, 6.07) is 6.92. The summed E-state index contributed by atoms with van der Waals surface area (Å²) in [4.78, 5) is 0.342. The number of nitrogens with one attached hydrogen (secondary N) is 1. The van der Waals surface area contributed by atoms with Gasteiger partial charge in [0.25, 0.3) is 0 Å². The molecule has 1 N–H and O–H groups in total. The molecule has 4 heteroatoms. The first-order valence-corrected chi connectivity index (χ1v) is 7.04. The fraction of sp³-hybridized carbons (Fsp3) is 0.333. The first-order chi connectivity index (χ1) is 7.49. The second kappa shape index (κ2) is 5.27. The molecule has 1 aromatic rings. The SMILES string of the molecule is C=CC(NCC)c1cccc(S(C)(=O)=O)c1. The molecule has 0 bridgehead atoms. The van der Waals surface area contributed by atoms with Gasteiger partial charge in [0.15, 0.2) is 9.84 Å². The van der Waals surface area contributed by atoms with Crippen molar-refractivity contribution in [1.82, 2.24) is 5.32 Å². The fourth-order valence-electron chi connectivity index (χ4n) is 1.50. The molecule has 0 fully saturated rings. The van der Waals surface area contributed by atoms with E-state index in [2.05, 4.69) is 11.9 Å². The van der Waals surface area contributed by atoms with Crippen LogP contribution in [0.25, 0.3) is 0 Å². The third-order valence-electron chi connectivity index (χ3n) is 2.31. The Morgan fingerprint density at radius 2 is 2.19 bits per heavy atom. The zero-order valence-corrected chi connectivity index (χ0v) is 10.4. The third-order valence-corrected chi connectivity index (χ3v) is 3.42. The minimum Gasteiger partial charge on any atom is -0.307 e. The normalized spacial score (nSPS) is 13.4. The highest BCUT2D eigenvalue weighted by molar-refractivity contribution is 7.90. The molecule has 0 aliphatic carbocycles. The predicted octanol–water partition coefficient (Wildman–Crippen LogP) is 1.93. The molecule has 0 radical (unpaired) electrons. The van der Waals surface area contributed by atoms with E-state index in [0.29, 0.717) is 4.90 Å². The number of benzene rings is 1. The van der Waals surface area contributed by atoms with E-state index in [1.807, 2.05) is 13.0 Å². The summed E-state index contributed by atoms with van der Waals surface area (Å²) >= 11 is 0. The van der Waals surface area contributed by atoms with E-state index < -0.39 is 9.84 Å². The van der Waals surface area contributed by atoms with Crippen LogP contribution in [0.4, 0.5) is 0 Å². The lowest BCUT2D eigenvalue weighted by atomic mass is 10.1. The van der Waals surface area contributed by atoms with Crippen LogP contribution in [0.2, 0.25) is 0 Å². The van der Waals surface area contributed by atoms with Gasteiger partial charge in [0.1, 0.15) is 0 Å². The van der Waals surface area contributed by atoms with Crippen molar-refractivity contribution in [2.24, 2.45) is 0 Å². The topological polar surface area (TPSA) is 46.2 Å². The Labute approximate surface area is 97.1 Å². The summed E-state index contributed by atoms with van der Waals surface area (Å²) in [5.41, 5.74) is 0.916. The monoisotopic (exact) mass is 239 g/mol. The summed E-state index contributed by atoms with van der Waals surface area (Å²) in [7, 11) is -3.14. The van der Waals surface area contributed by atoms with Crippen LogP contribution in [-0.4, -0.2) is 21.2 Å². The van der Waals surface area contributed by atoms with E-state index in [0.717, 1.165) is 12.1 Å². The molecule has 0 aromatic heterocycles. The van der Waals surface area contributed by atoms with Crippen LogP contribution in [0.3, 0.4) is 0 Å². The minimum atomic E-state index is -3.14. The summed E-state index contributed by atoms with van der Waals surface area (Å²) in [6.07, 6.45) is 2.98. The van der Waals surface area contributed by atoms with E-state index in [1.165, 1.54) is 6.26 Å². The largest absolute Gasteiger partial charge is 0.307 e. The van der Waals surface area contributed by atoms with Crippen LogP contribution in [0.1, 0.15) is 18.5 Å². The summed E-state index contributed by atoms with van der Waals surface area (Å²) in [6.45, 7) is 6.54. The van der Waals surface area contributed by atoms with Crippen molar-refractivity contribution in [2.45, 2.75) is 17.9 Å². The Morgan fingerprint density at radius 3 is 2.69 bits per heavy atom. The highest BCUT2D eigenvalue weighted by atomic mass is 32.2. The van der Waals surface area contributed by atoms with Crippen molar-refractivity contribution in [3.8, 4) is 0 Å². The number of hydrogen-bond donors (Lipinski definition) is 1. The van der Waals surface area contributed by atoms with Gasteiger partial charge in [-0.1, -0.05) is 25.1 Å². The fourth-order valence-corrected chi connectivity index (χ4v) is 2.17. The van der Waals surface area contributed by atoms with Gasteiger partial charge in [-0.05, 0) is 24.2 Å². The molecule has 0 spiro atoms. The molecule has 0 heterocycles. The van der Waals surface area contributed by atoms with Gasteiger partial charge in [0.2, 0.25) is 0 Å². The maximum absolute atomic E-state index is 11.4. The molecule has 1 rings (SSSR count). The summed E-state index contributed by atoms with van der Waals surface area (Å²) < 4.78 is 22.8. The average Bonchev–Trinajstić information content (AvgIpc) is 2.25. The Bertz CT molecular complexity index is 466. The Kier molecular flexibility index (Phi) is 4.26. The highest BCUT2D eigenvalue weighted by Crippen LogP contribution is 2.18. The second-order valence-corrected chi connectivity index (χ2v) is 5.63. The molecule has 3 nitrogen and oxygen atoms in total. The maximum Gasteiger partial charge on any atom is 0.175 e. The van der Waals surface area contributed by atoms with Gasteiger partial charge < -0.3 is 5.32 Å². The van der Waals surface area contributed by atoms with Gasteiger partial charge in [-0.15, -0.1) is 6.58 Å². The molecule has 0 aliphatic heterocycles. The first kappa shape index (κ1) is 12.9. The van der Waals surface area contributed by atoms with Crippen molar-refractivity contribution in [2.75, 3.05) is 12.8 Å². The molecule has 1 unspecified atom stereocenters. The predicted molar refractivity (Wildman–Crippen MR) is 66.2 cm³/mol. The molecule has 88 valence electrons. The molecule has 16 heavy (non-hydrogen) atoms. The van der Waals surface area contributed by atoms with Crippen LogP contribution in [0, 0.1) is 0 Å². The van der Waals surface area contributed by atoms with Crippen LogP contribution < -0.4 is 5.32 Å². The lowest BCUT2D eigenvalue weighted by Gasteiger charge is -2.14. The smallest absolute Gasteiger partial charge is 0.175 e. The van der Waals surface area contributed by atoms with Crippen LogP contribution >= 0.6 is 0 Å². The van der Waals surface area contributed by atoms with Crippen molar-refractivity contribution in [1.29, 1.82) is 0 Å². The minimum absolute atomic E-state index is 0.00769. The van der Waals surface area contributed by atoms with E-state index >= 15 is 0 Å². The number of hydrogen-bond acceptors (Lipinski definition) is 3. The van der Waals surface area contributed by atoms with E-state index in [4.69, 9.17) is 0 Å². The summed E-state index contributed by atoms with van der Waals surface area (Å²) in [5, 5.41) is 3.21. The lowest BCUT2D eigenvalue weighted by Crippen LogP contribution is -2.18. The molecular weight excluding hydrogens is 222 g/mol. The molecule has 1 atom stereocenters. The number of likely N-dealkylation sites (N-methyl/N-ethyl adjacent to an activating group) is 1. The Balaban J connectivity index is 3.11. The van der Waals surface area contributed by atoms with E-state index in [-0.39, 0.29) is 6.04 Å². The van der Waals surface area contributed by atoms with Gasteiger partial charge >= 0.3 is 0 Å². The molecule has 0 saturated heterocycles. The first-order valence-electron chi connectivity index (χ1n) is 5.15. The van der Waals surface area contributed by atoms with Gasteiger partial charge in [-0.25, -0.2) is 8.42 Å². The number of rotatable bonds is 5. The van der Waals surface area contributed by atoms with Crippen LogP contribution in [-0.2, 0) is 9.84 Å². The van der Waals surface area contributed by atoms with Gasteiger partial charge in [-0.2, -0.15) is 0 Å². The molecule has 0 aliphatic rings. The molecule has 0 saturated carbocycles. The maximum atomic E-state index is 11.4. The lowest BCUT2D eigenvalue weighted by molar-refractivity contribution is 0.601. The zero-order valence-electron chi connectivity index (χ0n) is 9.60. The van der Waals surface area contributed by atoms with Crippen molar-refractivity contribution in [3.05, 3.63) is 42.5 Å². The highest BCUT2D eigenvalue weighted by Gasteiger charge is 2.11. The average molecular weight is 239 g/mol. The van der Waals surface area contributed by atoms with Crippen molar-refractivity contribution >= 4 is 9.84 Å². The van der Waals surface area contributed by atoms with E-state index in [1.54, 1.807) is 24.3 Å². The van der Waals surface area contributed by atoms with Crippen LogP contribution in [0.15, 0.2) is 41.8 Å². The standard InChI is InChI=1S/C12H17NO2S/c1-4-12(13-5-2)10-7-6-8-11(9-10)16(3,14)15/h4,6-9,12-13H,1,5H2,2-3H3. The van der Waals surface area contributed by atoms with Gasteiger partial charge in [-0.3, -0.25) is 0 Å². The van der Waals surface area contributed by atoms with E-state index in [9.17, 15) is 8.42 Å². The number of sulfone groups is 1. The third kappa shape index (κ3) is 3.18. The molecular formula is C12H17NO2S. The Morgan fingerprint density at radius 1 is 1.50 bits per heavy atom. The molecule has 1 aromatic carbocycles. The van der Waals surface area contributed by atoms with Crippen LogP contribution in [0.5, 0.6) is 0 Å². The Hall–Kier alpha value is -1.13. The summed E-state index contributed by atoms with van der Waals surface area (Å²) in [5.74, 6) is 0. The second-order valence-electron chi connectivity index (χ2n) is 3.62. The van der Waals surface area contributed by atoms with Gasteiger partial charge in [0, 0.05) is 6.26 Å². The quantitative estimate of drug-likeness (QED) is 0.799.